The molecule has 1 fully saturated rings. The van der Waals surface area contributed by atoms with E-state index in [1.807, 2.05) is 6.92 Å². The molecule has 1 saturated carbocycles. The number of hydrogen-bond donors (Lipinski definition) is 1. The maximum absolute atomic E-state index is 12.8. The van der Waals surface area contributed by atoms with Crippen LogP contribution in [0.5, 0.6) is 0 Å². The second-order valence-corrected chi connectivity index (χ2v) is 4.82. The number of anilines is 1. The van der Waals surface area contributed by atoms with E-state index >= 15 is 0 Å². The van der Waals surface area contributed by atoms with Gasteiger partial charge in [0.1, 0.15) is 5.82 Å². The average Bonchev–Trinajstić information content (AvgIpc) is 3.13. The minimum Gasteiger partial charge on any atom is -0.352 e. The van der Waals surface area contributed by atoms with E-state index in [0.29, 0.717) is 12.6 Å². The van der Waals surface area contributed by atoms with Gasteiger partial charge in [-0.15, -0.1) is 0 Å². The van der Waals surface area contributed by atoms with Gasteiger partial charge < -0.3 is 9.88 Å². The van der Waals surface area contributed by atoms with Crippen molar-refractivity contribution in [3.63, 3.8) is 0 Å². The Kier molecular flexibility index (Phi) is 2.78. The molecular formula is C14H16FN3. The SMILES string of the molecule is Cc1cn(C2CC2)c(NCc2ccc(F)cc2)n1. The summed E-state index contributed by atoms with van der Waals surface area (Å²) in [4.78, 5) is 4.48. The molecule has 0 bridgehead atoms. The molecule has 0 unspecified atom stereocenters. The average molecular weight is 245 g/mol. The zero-order valence-electron chi connectivity index (χ0n) is 10.4. The number of benzene rings is 1. The molecule has 0 atom stereocenters. The number of aryl methyl sites for hydroxylation is 1. The van der Waals surface area contributed by atoms with Crippen LogP contribution in [0.2, 0.25) is 0 Å². The normalized spacial score (nSPS) is 14.8. The molecule has 2 aromatic rings. The molecule has 1 aliphatic carbocycles. The van der Waals surface area contributed by atoms with Crippen LogP contribution in [0.15, 0.2) is 30.5 Å². The summed E-state index contributed by atoms with van der Waals surface area (Å²) in [6.07, 6.45) is 4.56. The second kappa shape index (κ2) is 4.44. The fourth-order valence-electron chi connectivity index (χ4n) is 2.06. The van der Waals surface area contributed by atoms with Gasteiger partial charge in [0.25, 0.3) is 0 Å². The van der Waals surface area contributed by atoms with Gasteiger partial charge in [0, 0.05) is 18.8 Å². The minimum atomic E-state index is -0.200. The Morgan fingerprint density at radius 1 is 1.33 bits per heavy atom. The number of imidazole rings is 1. The van der Waals surface area contributed by atoms with E-state index in [2.05, 4.69) is 21.1 Å². The molecular weight excluding hydrogens is 229 g/mol. The Morgan fingerprint density at radius 3 is 2.72 bits per heavy atom. The molecule has 0 aliphatic heterocycles. The molecule has 4 heteroatoms. The predicted octanol–water partition coefficient (Wildman–Crippen LogP) is 3.28. The summed E-state index contributed by atoms with van der Waals surface area (Å²) >= 11 is 0. The van der Waals surface area contributed by atoms with Crippen LogP contribution in [0, 0.1) is 12.7 Å². The first-order valence-electron chi connectivity index (χ1n) is 6.26. The first kappa shape index (κ1) is 11.3. The Balaban J connectivity index is 1.71. The maximum Gasteiger partial charge on any atom is 0.203 e. The molecule has 3 nitrogen and oxygen atoms in total. The second-order valence-electron chi connectivity index (χ2n) is 4.82. The smallest absolute Gasteiger partial charge is 0.203 e. The molecule has 0 radical (unpaired) electrons. The lowest BCUT2D eigenvalue weighted by Crippen LogP contribution is -2.06. The van der Waals surface area contributed by atoms with Gasteiger partial charge in [0.2, 0.25) is 5.95 Å². The number of halogens is 1. The molecule has 94 valence electrons. The standard InChI is InChI=1S/C14H16FN3/c1-10-9-18(13-6-7-13)14(17-10)16-8-11-2-4-12(15)5-3-11/h2-5,9,13H,6-8H2,1H3,(H,16,17). The summed E-state index contributed by atoms with van der Waals surface area (Å²) in [6, 6.07) is 7.16. The summed E-state index contributed by atoms with van der Waals surface area (Å²) in [5.74, 6) is 0.716. The van der Waals surface area contributed by atoms with Gasteiger partial charge in [-0.2, -0.15) is 0 Å². The molecule has 1 aliphatic rings. The molecule has 18 heavy (non-hydrogen) atoms. The fraction of sp³-hybridized carbons (Fsp3) is 0.357. The predicted molar refractivity (Wildman–Crippen MR) is 69.0 cm³/mol. The highest BCUT2D eigenvalue weighted by atomic mass is 19.1. The topological polar surface area (TPSA) is 29.9 Å². The van der Waals surface area contributed by atoms with Crippen molar-refractivity contribution in [2.24, 2.45) is 0 Å². The number of aromatic nitrogens is 2. The van der Waals surface area contributed by atoms with E-state index in [1.165, 1.54) is 25.0 Å². The van der Waals surface area contributed by atoms with E-state index in [4.69, 9.17) is 0 Å². The Labute approximate surface area is 106 Å². The lowest BCUT2D eigenvalue weighted by atomic mass is 10.2. The molecule has 0 amide bonds. The highest BCUT2D eigenvalue weighted by Crippen LogP contribution is 2.37. The molecule has 1 heterocycles. The third-order valence-electron chi connectivity index (χ3n) is 3.16. The van der Waals surface area contributed by atoms with Crippen molar-refractivity contribution in [3.05, 3.63) is 47.5 Å². The molecule has 3 rings (SSSR count). The summed E-state index contributed by atoms with van der Waals surface area (Å²) in [5.41, 5.74) is 2.09. The van der Waals surface area contributed by atoms with Crippen LogP contribution in [0.3, 0.4) is 0 Å². The largest absolute Gasteiger partial charge is 0.352 e. The molecule has 1 N–H and O–H groups in total. The fourth-order valence-corrected chi connectivity index (χ4v) is 2.06. The third-order valence-corrected chi connectivity index (χ3v) is 3.16. The van der Waals surface area contributed by atoms with Crippen molar-refractivity contribution in [2.45, 2.75) is 32.4 Å². The number of nitrogens with zero attached hydrogens (tertiary/aromatic N) is 2. The first-order valence-corrected chi connectivity index (χ1v) is 6.26. The van der Waals surface area contributed by atoms with Crippen molar-refractivity contribution in [1.29, 1.82) is 0 Å². The van der Waals surface area contributed by atoms with Gasteiger partial charge in [-0.25, -0.2) is 9.37 Å². The van der Waals surface area contributed by atoms with E-state index in [1.54, 1.807) is 12.1 Å². The van der Waals surface area contributed by atoms with Crippen molar-refractivity contribution < 1.29 is 4.39 Å². The van der Waals surface area contributed by atoms with Crippen molar-refractivity contribution in [3.8, 4) is 0 Å². The van der Waals surface area contributed by atoms with Crippen LogP contribution in [0.1, 0.15) is 30.1 Å². The van der Waals surface area contributed by atoms with E-state index in [9.17, 15) is 4.39 Å². The van der Waals surface area contributed by atoms with E-state index in [0.717, 1.165) is 17.2 Å². The van der Waals surface area contributed by atoms with Crippen LogP contribution in [-0.4, -0.2) is 9.55 Å². The Hall–Kier alpha value is -1.84. The summed E-state index contributed by atoms with van der Waals surface area (Å²) in [7, 11) is 0. The zero-order valence-corrected chi connectivity index (χ0v) is 10.4. The van der Waals surface area contributed by atoms with Gasteiger partial charge in [0.15, 0.2) is 0 Å². The van der Waals surface area contributed by atoms with E-state index in [-0.39, 0.29) is 5.82 Å². The number of nitrogens with one attached hydrogen (secondary N) is 1. The van der Waals surface area contributed by atoms with Crippen molar-refractivity contribution in [2.75, 3.05) is 5.32 Å². The highest BCUT2D eigenvalue weighted by Gasteiger charge is 2.26. The van der Waals surface area contributed by atoms with Crippen LogP contribution >= 0.6 is 0 Å². The first-order chi connectivity index (χ1) is 8.72. The van der Waals surface area contributed by atoms with Crippen LogP contribution < -0.4 is 5.32 Å². The molecule has 0 saturated heterocycles. The molecule has 1 aromatic heterocycles. The molecule has 1 aromatic carbocycles. The Bertz CT molecular complexity index is 541. The zero-order chi connectivity index (χ0) is 12.5. The summed E-state index contributed by atoms with van der Waals surface area (Å²) in [6.45, 7) is 2.67. The summed E-state index contributed by atoms with van der Waals surface area (Å²) in [5, 5.41) is 3.32. The van der Waals surface area contributed by atoms with Gasteiger partial charge in [0.05, 0.1) is 5.69 Å². The van der Waals surface area contributed by atoms with E-state index < -0.39 is 0 Å². The summed E-state index contributed by atoms with van der Waals surface area (Å²) < 4.78 is 15.0. The number of rotatable bonds is 4. The van der Waals surface area contributed by atoms with Gasteiger partial charge in [-0.3, -0.25) is 0 Å². The van der Waals surface area contributed by atoms with Gasteiger partial charge in [-0.05, 0) is 37.5 Å². The third kappa shape index (κ3) is 2.37. The van der Waals surface area contributed by atoms with Gasteiger partial charge >= 0.3 is 0 Å². The van der Waals surface area contributed by atoms with Crippen molar-refractivity contribution >= 4 is 5.95 Å². The van der Waals surface area contributed by atoms with Crippen LogP contribution in [0.25, 0.3) is 0 Å². The lowest BCUT2D eigenvalue weighted by Gasteiger charge is -2.08. The monoisotopic (exact) mass is 245 g/mol. The highest BCUT2D eigenvalue weighted by molar-refractivity contribution is 5.32. The quantitative estimate of drug-likeness (QED) is 0.895. The van der Waals surface area contributed by atoms with Crippen LogP contribution in [0.4, 0.5) is 10.3 Å². The Morgan fingerprint density at radius 2 is 2.06 bits per heavy atom. The van der Waals surface area contributed by atoms with Crippen molar-refractivity contribution in [1.82, 2.24) is 9.55 Å². The lowest BCUT2D eigenvalue weighted by molar-refractivity contribution is 0.627. The van der Waals surface area contributed by atoms with Gasteiger partial charge in [-0.1, -0.05) is 12.1 Å². The molecule has 0 spiro atoms. The minimum absolute atomic E-state index is 0.200. The maximum atomic E-state index is 12.8. The number of hydrogen-bond acceptors (Lipinski definition) is 2. The van der Waals surface area contributed by atoms with Crippen LogP contribution in [-0.2, 0) is 6.54 Å².